The molecule has 1 N–H and O–H groups in total. The quantitative estimate of drug-likeness (QED) is 0.145. The summed E-state index contributed by atoms with van der Waals surface area (Å²) in [5.74, 6) is -1.78. The topological polar surface area (TPSA) is 90.9 Å². The number of benzene rings is 4. The van der Waals surface area contributed by atoms with Gasteiger partial charge in [-0.1, -0.05) is 121 Å². The highest BCUT2D eigenvalue weighted by atomic mass is 16.6. The van der Waals surface area contributed by atoms with Gasteiger partial charge in [-0.25, -0.2) is 4.79 Å². The molecule has 0 unspecified atom stereocenters. The molecule has 0 spiro atoms. The van der Waals surface area contributed by atoms with E-state index in [9.17, 15) is 14.4 Å². The SMILES string of the molecule is C[C@H](N[C@@H](CCc1ccccc1)C(=O)OCc1ccccc1)C(=O)O[C@@H](Cc1ccccc1)C(=O)OCc1ccccc1. The Hall–Kier alpha value is -4.75. The van der Waals surface area contributed by atoms with E-state index < -0.39 is 36.1 Å². The lowest BCUT2D eigenvalue weighted by molar-refractivity contribution is -0.170. The standard InChI is InChI=1S/C36H37NO6/c1-27(37-32(23-22-28-14-6-2-7-15-28)35(39)41-25-30-18-10-4-11-19-30)34(38)43-33(24-29-16-8-3-9-17-29)36(40)42-26-31-20-12-5-13-21-31/h2-21,27,32-33,37H,22-26H2,1H3/t27-,32-,33-/m0/s1. The van der Waals surface area contributed by atoms with Crippen LogP contribution in [0.3, 0.4) is 0 Å². The van der Waals surface area contributed by atoms with Crippen LogP contribution in [0.4, 0.5) is 0 Å². The third kappa shape index (κ3) is 10.5. The maximum atomic E-state index is 13.3. The smallest absolute Gasteiger partial charge is 0.348 e. The second kappa shape index (κ2) is 16.6. The molecular weight excluding hydrogens is 542 g/mol. The Morgan fingerprint density at radius 2 is 1.02 bits per heavy atom. The third-order valence-corrected chi connectivity index (χ3v) is 6.89. The number of hydrogen-bond donors (Lipinski definition) is 1. The molecule has 0 aliphatic carbocycles. The molecule has 0 aliphatic heterocycles. The molecule has 0 aliphatic rings. The number of rotatable bonds is 15. The number of carbonyl (C=O) groups excluding carboxylic acids is 3. The monoisotopic (exact) mass is 579 g/mol. The van der Waals surface area contributed by atoms with Crippen LogP contribution in [0.25, 0.3) is 0 Å². The van der Waals surface area contributed by atoms with Crippen LogP contribution in [0.15, 0.2) is 121 Å². The van der Waals surface area contributed by atoms with Gasteiger partial charge in [0.05, 0.1) is 0 Å². The van der Waals surface area contributed by atoms with E-state index in [1.54, 1.807) is 6.92 Å². The zero-order chi connectivity index (χ0) is 30.3. The second-order valence-corrected chi connectivity index (χ2v) is 10.3. The van der Waals surface area contributed by atoms with E-state index >= 15 is 0 Å². The van der Waals surface area contributed by atoms with Crippen molar-refractivity contribution >= 4 is 17.9 Å². The Morgan fingerprint density at radius 3 is 1.53 bits per heavy atom. The normalized spacial score (nSPS) is 12.9. The number of ether oxygens (including phenoxy) is 3. The average molecular weight is 580 g/mol. The first-order valence-corrected chi connectivity index (χ1v) is 14.4. The number of nitrogens with one attached hydrogen (secondary N) is 1. The van der Waals surface area contributed by atoms with Gasteiger partial charge in [0, 0.05) is 6.42 Å². The first-order chi connectivity index (χ1) is 21.0. The van der Waals surface area contributed by atoms with Gasteiger partial charge in [-0.2, -0.15) is 0 Å². The summed E-state index contributed by atoms with van der Waals surface area (Å²) in [6.07, 6.45) is 0.00437. The van der Waals surface area contributed by atoms with Gasteiger partial charge in [-0.15, -0.1) is 0 Å². The molecule has 0 bridgehead atoms. The van der Waals surface area contributed by atoms with Crippen molar-refractivity contribution in [3.63, 3.8) is 0 Å². The minimum absolute atomic E-state index is 0.0606. The molecule has 43 heavy (non-hydrogen) atoms. The predicted octanol–water partition coefficient (Wildman–Crippen LogP) is 5.61. The van der Waals surface area contributed by atoms with Crippen LogP contribution in [-0.4, -0.2) is 36.1 Å². The van der Waals surface area contributed by atoms with Crippen molar-refractivity contribution in [3.05, 3.63) is 144 Å². The Balaban J connectivity index is 1.41. The number of carbonyl (C=O) groups is 3. The van der Waals surface area contributed by atoms with Crippen molar-refractivity contribution in [1.29, 1.82) is 0 Å². The first-order valence-electron chi connectivity index (χ1n) is 14.4. The molecule has 222 valence electrons. The van der Waals surface area contributed by atoms with Gasteiger partial charge in [-0.05, 0) is 42.0 Å². The molecule has 0 saturated heterocycles. The number of esters is 3. The molecule has 4 aromatic rings. The average Bonchev–Trinajstić information content (AvgIpc) is 3.05. The molecule has 4 aromatic carbocycles. The molecule has 0 amide bonds. The maximum Gasteiger partial charge on any atom is 0.348 e. The summed E-state index contributed by atoms with van der Waals surface area (Å²) in [5, 5.41) is 3.09. The van der Waals surface area contributed by atoms with Crippen LogP contribution < -0.4 is 5.32 Å². The second-order valence-electron chi connectivity index (χ2n) is 10.3. The van der Waals surface area contributed by atoms with E-state index in [1.165, 1.54) is 0 Å². The van der Waals surface area contributed by atoms with Crippen LogP contribution in [-0.2, 0) is 54.6 Å². The fourth-order valence-corrected chi connectivity index (χ4v) is 4.49. The minimum Gasteiger partial charge on any atom is -0.460 e. The Bertz CT molecular complexity index is 1410. The van der Waals surface area contributed by atoms with Crippen molar-refractivity contribution in [1.82, 2.24) is 5.32 Å². The highest BCUT2D eigenvalue weighted by Crippen LogP contribution is 2.13. The summed E-state index contributed by atoms with van der Waals surface area (Å²) in [4.78, 5) is 39.6. The largest absolute Gasteiger partial charge is 0.460 e. The highest BCUT2D eigenvalue weighted by molar-refractivity contribution is 5.83. The first kappa shape index (κ1) is 31.2. The lowest BCUT2D eigenvalue weighted by atomic mass is 10.0. The van der Waals surface area contributed by atoms with Crippen LogP contribution in [0.1, 0.15) is 35.6 Å². The van der Waals surface area contributed by atoms with Gasteiger partial charge in [0.2, 0.25) is 6.10 Å². The zero-order valence-electron chi connectivity index (χ0n) is 24.3. The lowest BCUT2D eigenvalue weighted by Crippen LogP contribution is -2.48. The van der Waals surface area contributed by atoms with Gasteiger partial charge >= 0.3 is 17.9 Å². The maximum absolute atomic E-state index is 13.3. The highest BCUT2D eigenvalue weighted by Gasteiger charge is 2.30. The Kier molecular flexibility index (Phi) is 12.1. The zero-order valence-corrected chi connectivity index (χ0v) is 24.3. The van der Waals surface area contributed by atoms with Crippen molar-refractivity contribution in [3.8, 4) is 0 Å². The fraction of sp³-hybridized carbons (Fsp3) is 0.250. The third-order valence-electron chi connectivity index (χ3n) is 6.89. The van der Waals surface area contributed by atoms with Gasteiger partial charge < -0.3 is 14.2 Å². The summed E-state index contributed by atoms with van der Waals surface area (Å²) >= 11 is 0. The summed E-state index contributed by atoms with van der Waals surface area (Å²) in [6.45, 7) is 1.79. The van der Waals surface area contributed by atoms with Crippen molar-refractivity contribution in [2.24, 2.45) is 0 Å². The van der Waals surface area contributed by atoms with E-state index in [0.29, 0.717) is 12.8 Å². The fourth-order valence-electron chi connectivity index (χ4n) is 4.49. The molecule has 4 rings (SSSR count). The molecule has 7 heteroatoms. The van der Waals surface area contributed by atoms with E-state index in [0.717, 1.165) is 22.3 Å². The molecule has 0 aromatic heterocycles. The van der Waals surface area contributed by atoms with Crippen molar-refractivity contribution < 1.29 is 28.6 Å². The molecular formula is C36H37NO6. The van der Waals surface area contributed by atoms with E-state index in [1.807, 2.05) is 121 Å². The van der Waals surface area contributed by atoms with Crippen LogP contribution >= 0.6 is 0 Å². The van der Waals surface area contributed by atoms with Crippen molar-refractivity contribution in [2.45, 2.75) is 57.6 Å². The predicted molar refractivity (Wildman–Crippen MR) is 164 cm³/mol. The van der Waals surface area contributed by atoms with Crippen LogP contribution in [0.5, 0.6) is 0 Å². The van der Waals surface area contributed by atoms with Gasteiger partial charge in [0.15, 0.2) is 0 Å². The molecule has 0 saturated carbocycles. The Morgan fingerprint density at radius 1 is 0.581 bits per heavy atom. The summed E-state index contributed by atoms with van der Waals surface area (Å²) in [7, 11) is 0. The lowest BCUT2D eigenvalue weighted by Gasteiger charge is -2.23. The summed E-state index contributed by atoms with van der Waals surface area (Å²) < 4.78 is 16.8. The number of hydrogen-bond acceptors (Lipinski definition) is 7. The van der Waals surface area contributed by atoms with Gasteiger partial charge in [0.1, 0.15) is 25.3 Å². The van der Waals surface area contributed by atoms with Crippen molar-refractivity contribution in [2.75, 3.05) is 0 Å². The van der Waals surface area contributed by atoms with Crippen LogP contribution in [0, 0.1) is 0 Å². The molecule has 3 atom stereocenters. The minimum atomic E-state index is -1.16. The number of aryl methyl sites for hydroxylation is 1. The van der Waals surface area contributed by atoms with Gasteiger partial charge in [0.25, 0.3) is 0 Å². The van der Waals surface area contributed by atoms with E-state index in [-0.39, 0.29) is 19.6 Å². The molecule has 0 heterocycles. The summed E-state index contributed by atoms with van der Waals surface area (Å²) in [5.41, 5.74) is 3.57. The summed E-state index contributed by atoms with van der Waals surface area (Å²) in [6, 6.07) is 36.1. The van der Waals surface area contributed by atoms with Crippen LogP contribution in [0.2, 0.25) is 0 Å². The van der Waals surface area contributed by atoms with E-state index in [4.69, 9.17) is 14.2 Å². The molecule has 0 radical (unpaired) electrons. The Labute approximate surface area is 252 Å². The van der Waals surface area contributed by atoms with Gasteiger partial charge in [-0.3, -0.25) is 14.9 Å². The molecule has 7 nitrogen and oxygen atoms in total. The van der Waals surface area contributed by atoms with E-state index in [2.05, 4.69) is 5.32 Å². The molecule has 0 fully saturated rings.